The van der Waals surface area contributed by atoms with Crippen LogP contribution in [0.15, 0.2) is 75.2 Å². The summed E-state index contributed by atoms with van der Waals surface area (Å²) in [5, 5.41) is 4.72. The van der Waals surface area contributed by atoms with Gasteiger partial charge < -0.3 is 37.2 Å². The normalized spacial score (nSPS) is 16.9. The van der Waals surface area contributed by atoms with Gasteiger partial charge in [-0.3, -0.25) is 0 Å². The molecule has 3 aromatic carbocycles. The van der Waals surface area contributed by atoms with Gasteiger partial charge >= 0.3 is 304 Å². The van der Waals surface area contributed by atoms with Crippen LogP contribution in [0, 0.1) is 13.8 Å². The van der Waals surface area contributed by atoms with Crippen molar-refractivity contribution < 1.29 is 57.7 Å². The molecule has 5 heteroatoms. The predicted octanol–water partition coefficient (Wildman–Crippen LogP) is 2.09. The standard InChI is InChI=1S/C45H63Si.3ClH.Ti/c1-11-15-17-19-21-40-27-41(22-20-18-16-12-2)31-44(30-40)46(42-24-33(5)23-34(6)25-42,45(10)32-35(7)36(8)37(45)9)43-28-38(13-3)26-39(14-4)29-43;;;;/h23-31H,11-22H2,1-10H3;3*1H;/q;;;;+3/p-3. The molecule has 0 saturated carbocycles. The van der Waals surface area contributed by atoms with E-state index in [1.165, 1.54) is 97.6 Å². The van der Waals surface area contributed by atoms with Crippen molar-refractivity contribution in [2.24, 2.45) is 0 Å². The summed E-state index contributed by atoms with van der Waals surface area (Å²) in [6.07, 6.45) is 14.9. The van der Waals surface area contributed by atoms with E-state index in [2.05, 4.69) is 144 Å². The van der Waals surface area contributed by atoms with E-state index < -0.39 is 8.07 Å². The minimum absolute atomic E-state index is 0. The number of hydrogen-bond donors (Lipinski definition) is 0. The van der Waals surface area contributed by atoms with Gasteiger partial charge in [-0.2, -0.15) is 0 Å². The van der Waals surface area contributed by atoms with Crippen molar-refractivity contribution in [1.82, 2.24) is 0 Å². The number of halogens is 3. The van der Waals surface area contributed by atoms with Gasteiger partial charge in [0.25, 0.3) is 0 Å². The molecule has 272 valence electrons. The molecule has 0 N–H and O–H groups in total. The largest absolute Gasteiger partial charge is 1.00 e. The van der Waals surface area contributed by atoms with Crippen molar-refractivity contribution in [3.63, 3.8) is 0 Å². The van der Waals surface area contributed by atoms with Gasteiger partial charge in [0.15, 0.2) is 0 Å². The fraction of sp³-hybridized carbons (Fsp3) is 0.511. The van der Waals surface area contributed by atoms with Gasteiger partial charge in [-0.15, -0.1) is 0 Å². The third kappa shape index (κ3) is 9.53. The molecule has 0 spiro atoms. The molecule has 0 fully saturated rings. The summed E-state index contributed by atoms with van der Waals surface area (Å²) in [4.78, 5) is 0. The number of unbranched alkanes of at least 4 members (excludes halogenated alkanes) is 6. The third-order valence-electron chi connectivity index (χ3n) is 11.6. The molecule has 0 nitrogen and oxygen atoms in total. The quantitative estimate of drug-likeness (QED) is 0.119. The Balaban J connectivity index is 0.00000417. The summed E-state index contributed by atoms with van der Waals surface area (Å²) in [6.45, 7) is 23.9. The molecule has 0 aromatic heterocycles. The second kappa shape index (κ2) is 21.0. The topological polar surface area (TPSA) is 0 Å². The second-order valence-corrected chi connectivity index (χ2v) is 19.9. The average molecular weight is 786 g/mol. The molecule has 50 heavy (non-hydrogen) atoms. The summed E-state index contributed by atoms with van der Waals surface area (Å²) in [6, 6.07) is 23.4. The summed E-state index contributed by atoms with van der Waals surface area (Å²) in [5.74, 6) is 0. The molecule has 0 aliphatic heterocycles. The van der Waals surface area contributed by atoms with Crippen molar-refractivity contribution in [2.75, 3.05) is 0 Å². The maximum Gasteiger partial charge on any atom is -1.00 e. The monoisotopic (exact) mass is 784 g/mol. The molecule has 0 radical (unpaired) electrons. The molecule has 0 bridgehead atoms. The first-order valence-electron chi connectivity index (χ1n) is 18.9. The Bertz CT molecular complexity index is 1520. The van der Waals surface area contributed by atoms with Crippen LogP contribution < -0.4 is 52.8 Å². The van der Waals surface area contributed by atoms with E-state index in [0.29, 0.717) is 0 Å². The van der Waals surface area contributed by atoms with Crippen molar-refractivity contribution in [3.8, 4) is 0 Å². The first kappa shape index (κ1) is 47.0. The zero-order valence-corrected chi connectivity index (χ0v) is 37.6. The van der Waals surface area contributed by atoms with Crippen LogP contribution in [0.3, 0.4) is 0 Å². The van der Waals surface area contributed by atoms with Gasteiger partial charge in [0.05, 0.1) is 0 Å². The van der Waals surface area contributed by atoms with Crippen molar-refractivity contribution in [1.29, 1.82) is 0 Å². The molecule has 2 unspecified atom stereocenters. The van der Waals surface area contributed by atoms with Crippen LogP contribution in [-0.4, -0.2) is 8.07 Å². The van der Waals surface area contributed by atoms with E-state index in [1.54, 1.807) is 36.1 Å². The first-order valence-corrected chi connectivity index (χ1v) is 21.7. The van der Waals surface area contributed by atoms with Gasteiger partial charge in [-0.25, -0.2) is 0 Å². The second-order valence-electron chi connectivity index (χ2n) is 14.9. The van der Waals surface area contributed by atoms with Gasteiger partial charge in [0, 0.05) is 0 Å². The number of benzene rings is 3. The molecule has 4 rings (SSSR count). The number of rotatable bonds is 16. The summed E-state index contributed by atoms with van der Waals surface area (Å²) in [7, 11) is -2.77. The molecular formula is C45H63Cl3SiTi. The van der Waals surface area contributed by atoms with Crippen LogP contribution in [0.2, 0.25) is 5.04 Å². The molecule has 0 saturated heterocycles. The number of aryl methyl sites for hydroxylation is 6. The summed E-state index contributed by atoms with van der Waals surface area (Å²) >= 11 is 2.48. The Morgan fingerprint density at radius 2 is 0.900 bits per heavy atom. The van der Waals surface area contributed by atoms with Crippen molar-refractivity contribution >= 4 is 23.6 Å². The van der Waals surface area contributed by atoms with Crippen LogP contribution in [0.1, 0.15) is 140 Å². The van der Waals surface area contributed by atoms with E-state index in [0.717, 1.165) is 12.8 Å². The molecule has 1 aliphatic carbocycles. The molecule has 1 aliphatic rings. The SMILES string of the molecule is CCCCCCc1cc(CCCCCC)cc([Si](c2cc(C)cc(C)c2)(c2cc(CC)cc(CC)c2)C2(C)C(C)=C(C)C(C)=[C]2[Ti+3])c1.[Cl-].[Cl-].[Cl-]. The molecular weight excluding hydrogens is 723 g/mol. The van der Waals surface area contributed by atoms with Gasteiger partial charge in [0.2, 0.25) is 0 Å². The zero-order chi connectivity index (χ0) is 34.4. The minimum atomic E-state index is -2.77. The fourth-order valence-corrected chi connectivity index (χ4v) is 16.6. The van der Waals surface area contributed by atoms with Crippen molar-refractivity contribution in [3.05, 3.63) is 109 Å². The fourth-order valence-electron chi connectivity index (χ4n) is 8.60. The van der Waals surface area contributed by atoms with Gasteiger partial charge in [0.1, 0.15) is 0 Å². The predicted molar refractivity (Wildman–Crippen MR) is 207 cm³/mol. The van der Waals surface area contributed by atoms with Crippen LogP contribution in [0.25, 0.3) is 0 Å². The van der Waals surface area contributed by atoms with Gasteiger partial charge in [-0.1, -0.05) is 0 Å². The first-order chi connectivity index (χ1) is 22.5. The van der Waals surface area contributed by atoms with E-state index in [9.17, 15) is 0 Å². The van der Waals surface area contributed by atoms with E-state index in [-0.39, 0.29) is 42.3 Å². The minimum Gasteiger partial charge on any atom is -1.00 e. The average Bonchev–Trinajstić information content (AvgIpc) is 3.20. The molecule has 2 atom stereocenters. The molecule has 0 amide bonds. The Hall–Kier alpha value is -1.06. The van der Waals surface area contributed by atoms with Crippen LogP contribution in [0.5, 0.6) is 0 Å². The summed E-state index contributed by atoms with van der Waals surface area (Å²) < 4.78 is 1.58. The van der Waals surface area contributed by atoms with Crippen molar-refractivity contribution in [2.45, 2.75) is 151 Å². The Kier molecular flexibility index (Phi) is 19.7. The van der Waals surface area contributed by atoms with Gasteiger partial charge in [-0.05, 0) is 0 Å². The molecule has 3 aromatic rings. The Morgan fingerprint density at radius 1 is 0.500 bits per heavy atom. The van der Waals surface area contributed by atoms with Crippen LogP contribution >= 0.6 is 0 Å². The van der Waals surface area contributed by atoms with E-state index >= 15 is 0 Å². The Labute approximate surface area is 338 Å². The number of allylic oxidation sites excluding steroid dienone is 4. The smallest absolute Gasteiger partial charge is 1.00 e. The Morgan fingerprint density at radius 3 is 1.28 bits per heavy atom. The summed E-state index contributed by atoms with van der Waals surface area (Å²) in [5.41, 5.74) is 13.4. The van der Waals surface area contributed by atoms with E-state index in [1.807, 2.05) is 0 Å². The molecule has 0 heterocycles. The third-order valence-corrected chi connectivity index (χ3v) is 18.9. The van der Waals surface area contributed by atoms with Crippen LogP contribution in [0.4, 0.5) is 0 Å². The van der Waals surface area contributed by atoms with Crippen LogP contribution in [-0.2, 0) is 46.1 Å². The number of hydrogen-bond acceptors (Lipinski definition) is 0. The maximum atomic E-state index is 2.71. The zero-order valence-electron chi connectivity index (χ0n) is 32.8. The van der Waals surface area contributed by atoms with E-state index in [4.69, 9.17) is 0 Å². The maximum absolute atomic E-state index is 2.77.